The summed E-state index contributed by atoms with van der Waals surface area (Å²) in [5.41, 5.74) is 3.04. The highest BCUT2D eigenvalue weighted by Crippen LogP contribution is 2.34. The number of amides is 1. The van der Waals surface area contributed by atoms with Crippen LogP contribution in [0.3, 0.4) is 0 Å². The predicted molar refractivity (Wildman–Crippen MR) is 134 cm³/mol. The van der Waals surface area contributed by atoms with Crippen molar-refractivity contribution in [2.24, 2.45) is 5.92 Å². The number of rotatable bonds is 11. The van der Waals surface area contributed by atoms with Crippen LogP contribution in [0.1, 0.15) is 52.0 Å². The van der Waals surface area contributed by atoms with E-state index in [1.165, 1.54) is 23.5 Å². The Hall–Kier alpha value is -3.03. The van der Waals surface area contributed by atoms with Gasteiger partial charge in [-0.1, -0.05) is 23.8 Å². The lowest BCUT2D eigenvalue weighted by atomic mass is 10.2. The van der Waals surface area contributed by atoms with Crippen molar-refractivity contribution >= 4 is 22.1 Å². The average Bonchev–Trinajstić information content (AvgIpc) is 3.59. The van der Waals surface area contributed by atoms with Crippen molar-refractivity contribution in [3.8, 4) is 0 Å². The van der Waals surface area contributed by atoms with Crippen molar-refractivity contribution in [2.45, 2.75) is 69.9 Å². The maximum Gasteiger partial charge on any atom is 0.408 e. The lowest BCUT2D eigenvalue weighted by Gasteiger charge is -2.30. The minimum Gasteiger partial charge on any atom is -0.467 e. The van der Waals surface area contributed by atoms with Crippen LogP contribution < -0.4 is 5.32 Å². The fraction of sp³-hybridized carbons (Fsp3) is 0.500. The normalized spacial score (nSPS) is 14.2. The van der Waals surface area contributed by atoms with Gasteiger partial charge in [0.05, 0.1) is 12.0 Å². The molecule has 0 aromatic heterocycles. The number of methoxy groups -OCH3 is 1. The third-order valence-corrected chi connectivity index (χ3v) is 6.93. The molecule has 1 aliphatic rings. The summed E-state index contributed by atoms with van der Waals surface area (Å²) in [6.07, 6.45) is 5.38. The Morgan fingerprint density at radius 1 is 1.23 bits per heavy atom. The number of esters is 1. The fourth-order valence-electron chi connectivity index (χ4n) is 3.16. The fourth-order valence-corrected chi connectivity index (χ4v) is 4.72. The van der Waals surface area contributed by atoms with Gasteiger partial charge >= 0.3 is 12.1 Å². The molecule has 0 spiro atoms. The molecule has 1 aromatic carbocycles. The smallest absolute Gasteiger partial charge is 0.408 e. The highest BCUT2D eigenvalue weighted by atomic mass is 32.2. The van der Waals surface area contributed by atoms with Crippen LogP contribution in [0.25, 0.3) is 0 Å². The zero-order valence-electron chi connectivity index (χ0n) is 21.2. The molecule has 192 valence electrons. The maximum atomic E-state index is 13.8. The molecule has 1 amide bonds. The lowest BCUT2D eigenvalue weighted by Crippen LogP contribution is -2.50. The van der Waals surface area contributed by atoms with E-state index in [1.807, 2.05) is 6.92 Å². The molecule has 0 radical (unpaired) electrons. The van der Waals surface area contributed by atoms with Crippen LogP contribution in [0.15, 0.2) is 59.3 Å². The molecule has 1 atom stereocenters. The standard InChI is InChI=1S/C26H36N2O6S/c1-7-8-9-10-11-22(23(24(29)33-6)27-25(30)34-26(3,4)5)28(18-20-14-15-20)35(31,32)21-16-12-19(2)13-17-21/h7,10,12-13,16-17,20,23H,1,8-9,14-15,18H2,2-6H3,(H,27,30)/t11?,23-/m1/s1. The number of alkyl carbamates (subject to hydrolysis) is 1. The Labute approximate surface area is 208 Å². The van der Waals surface area contributed by atoms with E-state index in [1.54, 1.807) is 45.1 Å². The molecule has 0 heterocycles. The minimum atomic E-state index is -4.08. The van der Waals surface area contributed by atoms with Gasteiger partial charge in [0.15, 0.2) is 6.04 Å². The number of hydrogen-bond donors (Lipinski definition) is 1. The van der Waals surface area contributed by atoms with E-state index < -0.39 is 33.7 Å². The molecular formula is C26H36N2O6S. The van der Waals surface area contributed by atoms with Gasteiger partial charge in [-0.2, -0.15) is 0 Å². The zero-order valence-corrected chi connectivity index (χ0v) is 22.0. The largest absolute Gasteiger partial charge is 0.467 e. The Kier molecular flexibility index (Phi) is 9.74. The number of unbranched alkanes of at least 4 members (excludes halogenated alkanes) is 1. The third kappa shape index (κ3) is 8.60. The molecule has 1 N–H and O–H groups in total. The van der Waals surface area contributed by atoms with E-state index in [2.05, 4.69) is 17.6 Å². The van der Waals surface area contributed by atoms with Gasteiger partial charge in [-0.15, -0.1) is 12.3 Å². The number of carbonyl (C=O) groups excluding carboxylic acids is 2. The molecule has 0 unspecified atom stereocenters. The van der Waals surface area contributed by atoms with Crippen LogP contribution in [0.2, 0.25) is 0 Å². The topological polar surface area (TPSA) is 102 Å². The Morgan fingerprint density at radius 2 is 1.86 bits per heavy atom. The van der Waals surface area contributed by atoms with E-state index in [-0.39, 0.29) is 23.1 Å². The van der Waals surface area contributed by atoms with Crippen molar-refractivity contribution in [3.63, 3.8) is 0 Å². The average molecular weight is 505 g/mol. The van der Waals surface area contributed by atoms with Crippen molar-refractivity contribution in [2.75, 3.05) is 13.7 Å². The van der Waals surface area contributed by atoms with Crippen molar-refractivity contribution < 1.29 is 27.5 Å². The highest BCUT2D eigenvalue weighted by Gasteiger charge is 2.39. The van der Waals surface area contributed by atoms with Gasteiger partial charge in [0.1, 0.15) is 11.3 Å². The van der Waals surface area contributed by atoms with Crippen LogP contribution in [-0.4, -0.2) is 50.1 Å². The first-order valence-electron chi connectivity index (χ1n) is 11.6. The Bertz CT molecular complexity index is 1080. The van der Waals surface area contributed by atoms with Gasteiger partial charge in [0.25, 0.3) is 10.0 Å². The van der Waals surface area contributed by atoms with Gasteiger partial charge in [0.2, 0.25) is 0 Å². The molecule has 9 heteroatoms. The van der Waals surface area contributed by atoms with Crippen LogP contribution in [0, 0.1) is 12.8 Å². The molecule has 1 aliphatic carbocycles. The molecule has 35 heavy (non-hydrogen) atoms. The van der Waals surface area contributed by atoms with Crippen molar-refractivity contribution in [1.82, 2.24) is 9.62 Å². The number of hydrogen-bond acceptors (Lipinski definition) is 6. The van der Waals surface area contributed by atoms with Crippen LogP contribution in [0.4, 0.5) is 4.79 Å². The summed E-state index contributed by atoms with van der Waals surface area (Å²) in [4.78, 5) is 25.5. The first-order chi connectivity index (χ1) is 16.4. The number of nitrogens with one attached hydrogen (secondary N) is 1. The highest BCUT2D eigenvalue weighted by molar-refractivity contribution is 7.89. The molecule has 8 nitrogen and oxygen atoms in total. The zero-order chi connectivity index (χ0) is 26.2. The number of aryl methyl sites for hydroxylation is 1. The Morgan fingerprint density at radius 3 is 2.37 bits per heavy atom. The van der Waals surface area contributed by atoms with Gasteiger partial charge in [-0.05, 0) is 77.5 Å². The van der Waals surface area contributed by atoms with Gasteiger partial charge in [-0.3, -0.25) is 4.31 Å². The summed E-state index contributed by atoms with van der Waals surface area (Å²) < 4.78 is 39.0. The number of ether oxygens (including phenoxy) is 2. The van der Waals surface area contributed by atoms with E-state index in [4.69, 9.17) is 9.47 Å². The SMILES string of the molecule is C=CCCC=C=C([C@@H](NC(=O)OC(C)(C)C)C(=O)OC)N(CC1CC1)S(=O)(=O)c1ccc(C)cc1. The van der Waals surface area contributed by atoms with Gasteiger partial charge < -0.3 is 14.8 Å². The number of benzene rings is 1. The summed E-state index contributed by atoms with van der Waals surface area (Å²) in [6, 6.07) is 5.02. The monoisotopic (exact) mass is 504 g/mol. The summed E-state index contributed by atoms with van der Waals surface area (Å²) in [5.74, 6) is -0.699. The maximum absolute atomic E-state index is 13.8. The van der Waals surface area contributed by atoms with E-state index >= 15 is 0 Å². The number of sulfonamides is 1. The molecule has 2 rings (SSSR count). The third-order valence-electron chi connectivity index (χ3n) is 5.14. The molecule has 1 fully saturated rings. The van der Waals surface area contributed by atoms with Crippen molar-refractivity contribution in [1.29, 1.82) is 0 Å². The van der Waals surface area contributed by atoms with Crippen LogP contribution in [0.5, 0.6) is 0 Å². The van der Waals surface area contributed by atoms with Crippen LogP contribution in [-0.2, 0) is 24.3 Å². The second-order valence-corrected chi connectivity index (χ2v) is 11.4. The summed E-state index contributed by atoms with van der Waals surface area (Å²) in [6.45, 7) is 10.8. The van der Waals surface area contributed by atoms with Gasteiger partial charge in [-0.25, -0.2) is 18.0 Å². The molecule has 0 bridgehead atoms. The van der Waals surface area contributed by atoms with E-state index in [9.17, 15) is 18.0 Å². The second-order valence-electron chi connectivity index (χ2n) is 9.49. The summed E-state index contributed by atoms with van der Waals surface area (Å²) >= 11 is 0. The molecule has 0 aliphatic heterocycles. The molecule has 1 saturated carbocycles. The lowest BCUT2D eigenvalue weighted by molar-refractivity contribution is -0.142. The summed E-state index contributed by atoms with van der Waals surface area (Å²) in [7, 11) is -2.91. The predicted octanol–water partition coefficient (Wildman–Crippen LogP) is 4.47. The minimum absolute atomic E-state index is 0.0285. The number of nitrogens with zero attached hydrogens (tertiary/aromatic N) is 1. The quantitative estimate of drug-likeness (QED) is 0.207. The first-order valence-corrected chi connectivity index (χ1v) is 13.1. The van der Waals surface area contributed by atoms with Gasteiger partial charge in [0, 0.05) is 6.54 Å². The molecule has 1 aromatic rings. The first kappa shape index (κ1) is 28.2. The molecule has 0 saturated heterocycles. The Balaban J connectivity index is 2.62. The van der Waals surface area contributed by atoms with Crippen LogP contribution >= 0.6 is 0 Å². The summed E-state index contributed by atoms with van der Waals surface area (Å²) in [5, 5.41) is 2.49. The number of allylic oxidation sites excluding steroid dienone is 1. The van der Waals surface area contributed by atoms with E-state index in [0.29, 0.717) is 12.8 Å². The van der Waals surface area contributed by atoms with E-state index in [0.717, 1.165) is 18.4 Å². The number of carbonyl (C=O) groups is 2. The second kappa shape index (κ2) is 12.1. The molecular weight excluding hydrogens is 468 g/mol. The van der Waals surface area contributed by atoms with Crippen molar-refractivity contribution in [3.05, 3.63) is 60.0 Å².